The summed E-state index contributed by atoms with van der Waals surface area (Å²) in [6.07, 6.45) is 4.81. The summed E-state index contributed by atoms with van der Waals surface area (Å²) in [5.74, 6) is -1.19. The van der Waals surface area contributed by atoms with Crippen LogP contribution in [0.5, 0.6) is 0 Å². The standard InChI is InChI=1S/C33H27BrN4O4S/c34-30-13-7-10-28(36-30)21-26(22-35)31(39)37-33(18-4-5-19-33)27-16-14-23(15-17-27)24-8-6-9-25(20-24)32(40)38-43(41,42)29-11-2-1-3-12-29/h1-3,6-17,20-21H,4-5,18-19H2,(H,37,39)(H,38,40)/b26-21+. The minimum absolute atomic E-state index is 0.00483. The number of carbonyl (C=O) groups is 2. The Morgan fingerprint density at radius 3 is 2.26 bits per heavy atom. The van der Waals surface area contributed by atoms with Crippen molar-refractivity contribution in [2.75, 3.05) is 0 Å². The number of nitriles is 1. The Morgan fingerprint density at radius 1 is 0.884 bits per heavy atom. The minimum atomic E-state index is -4.01. The fourth-order valence-corrected chi connectivity index (χ4v) is 6.56. The molecule has 0 aliphatic heterocycles. The minimum Gasteiger partial charge on any atom is -0.342 e. The number of carbonyl (C=O) groups excluding carboxylic acids is 2. The summed E-state index contributed by atoms with van der Waals surface area (Å²) in [5.41, 5.74) is 2.53. The highest BCUT2D eigenvalue weighted by molar-refractivity contribution is 9.10. The SMILES string of the molecule is N#C/C(=C\c1cccc(Br)n1)C(=O)NC1(c2ccc(-c3cccc(C(=O)NS(=O)(=O)c4ccccc4)c3)cc2)CCCC1. The number of rotatable bonds is 8. The molecule has 0 unspecified atom stereocenters. The lowest BCUT2D eigenvalue weighted by molar-refractivity contribution is -0.119. The van der Waals surface area contributed by atoms with Gasteiger partial charge in [0.25, 0.3) is 21.8 Å². The molecule has 1 aromatic heterocycles. The van der Waals surface area contributed by atoms with Crippen molar-refractivity contribution in [3.05, 3.63) is 124 Å². The number of amides is 2. The number of nitrogens with zero attached hydrogens (tertiary/aromatic N) is 2. The van der Waals surface area contributed by atoms with Gasteiger partial charge < -0.3 is 5.32 Å². The van der Waals surface area contributed by atoms with Crippen LogP contribution in [-0.4, -0.2) is 25.2 Å². The van der Waals surface area contributed by atoms with Crippen molar-refractivity contribution in [1.29, 1.82) is 5.26 Å². The average molecular weight is 656 g/mol. The molecule has 0 saturated heterocycles. The normalized spacial score (nSPS) is 14.5. The van der Waals surface area contributed by atoms with Crippen LogP contribution in [0.1, 0.15) is 47.3 Å². The van der Waals surface area contributed by atoms with Gasteiger partial charge in [0.2, 0.25) is 0 Å². The quantitative estimate of drug-likeness (QED) is 0.134. The van der Waals surface area contributed by atoms with Crippen LogP contribution in [0.15, 0.2) is 112 Å². The lowest BCUT2D eigenvalue weighted by Crippen LogP contribution is -2.44. The van der Waals surface area contributed by atoms with Crippen molar-refractivity contribution >= 4 is 43.8 Å². The first kappa shape index (κ1) is 29.9. The summed E-state index contributed by atoms with van der Waals surface area (Å²) in [5, 5.41) is 12.9. The zero-order valence-electron chi connectivity index (χ0n) is 23.0. The van der Waals surface area contributed by atoms with Crippen molar-refractivity contribution in [2.24, 2.45) is 0 Å². The van der Waals surface area contributed by atoms with Crippen molar-refractivity contribution < 1.29 is 18.0 Å². The molecule has 1 heterocycles. The second-order valence-corrected chi connectivity index (χ2v) is 12.7. The van der Waals surface area contributed by atoms with Gasteiger partial charge in [0.05, 0.1) is 16.1 Å². The van der Waals surface area contributed by atoms with Crippen LogP contribution in [0.4, 0.5) is 0 Å². The molecule has 1 aliphatic rings. The molecule has 8 nitrogen and oxygen atoms in total. The predicted molar refractivity (Wildman–Crippen MR) is 167 cm³/mol. The predicted octanol–water partition coefficient (Wildman–Crippen LogP) is 6.12. The third-order valence-corrected chi connectivity index (χ3v) is 9.17. The first-order chi connectivity index (χ1) is 20.7. The molecule has 0 atom stereocenters. The highest BCUT2D eigenvalue weighted by atomic mass is 79.9. The van der Waals surface area contributed by atoms with Gasteiger partial charge >= 0.3 is 0 Å². The summed E-state index contributed by atoms with van der Waals surface area (Å²) >= 11 is 3.31. The highest BCUT2D eigenvalue weighted by Crippen LogP contribution is 2.39. The van der Waals surface area contributed by atoms with Gasteiger partial charge in [0.1, 0.15) is 16.2 Å². The van der Waals surface area contributed by atoms with Crippen LogP contribution < -0.4 is 10.0 Å². The fraction of sp³-hybridized carbons (Fsp3) is 0.152. The van der Waals surface area contributed by atoms with Gasteiger partial charge in [-0.3, -0.25) is 9.59 Å². The van der Waals surface area contributed by atoms with Gasteiger partial charge in [-0.1, -0.05) is 73.5 Å². The number of pyridine rings is 1. The lowest BCUT2D eigenvalue weighted by atomic mass is 9.86. The van der Waals surface area contributed by atoms with Gasteiger partial charge in [0.15, 0.2) is 0 Å². The first-order valence-corrected chi connectivity index (χ1v) is 15.9. The molecule has 1 aliphatic carbocycles. The van der Waals surface area contributed by atoms with E-state index in [-0.39, 0.29) is 16.0 Å². The van der Waals surface area contributed by atoms with Crippen molar-refractivity contribution in [2.45, 2.75) is 36.1 Å². The molecule has 2 amide bonds. The van der Waals surface area contributed by atoms with Crippen LogP contribution in [0, 0.1) is 11.3 Å². The van der Waals surface area contributed by atoms with E-state index in [1.54, 1.807) is 54.6 Å². The van der Waals surface area contributed by atoms with Gasteiger partial charge in [-0.05, 0) is 87.9 Å². The maximum atomic E-state index is 13.3. The number of sulfonamides is 1. The van der Waals surface area contributed by atoms with E-state index in [0.29, 0.717) is 10.3 Å². The molecular formula is C33H27BrN4O4S. The van der Waals surface area contributed by atoms with E-state index in [4.69, 9.17) is 0 Å². The summed E-state index contributed by atoms with van der Waals surface area (Å²) in [6.45, 7) is 0. The van der Waals surface area contributed by atoms with Crippen LogP contribution in [0.25, 0.3) is 17.2 Å². The lowest BCUT2D eigenvalue weighted by Gasteiger charge is -2.31. The van der Waals surface area contributed by atoms with E-state index in [2.05, 4.69) is 31.0 Å². The van der Waals surface area contributed by atoms with Crippen LogP contribution >= 0.6 is 15.9 Å². The van der Waals surface area contributed by atoms with Gasteiger partial charge in [-0.25, -0.2) is 18.1 Å². The van der Waals surface area contributed by atoms with E-state index in [1.807, 2.05) is 36.4 Å². The third kappa shape index (κ3) is 6.91. The molecule has 10 heteroatoms. The average Bonchev–Trinajstić information content (AvgIpc) is 3.49. The summed E-state index contributed by atoms with van der Waals surface area (Å²) in [4.78, 5) is 30.4. The van der Waals surface area contributed by atoms with Crippen molar-refractivity contribution in [3.63, 3.8) is 0 Å². The number of nitrogens with one attached hydrogen (secondary N) is 2. The smallest absolute Gasteiger partial charge is 0.265 e. The molecule has 0 radical (unpaired) electrons. The summed E-state index contributed by atoms with van der Waals surface area (Å²) in [6, 6.07) is 29.4. The molecule has 3 aromatic carbocycles. The number of hydrogen-bond acceptors (Lipinski definition) is 6. The summed E-state index contributed by atoms with van der Waals surface area (Å²) < 4.78 is 28.0. The zero-order valence-corrected chi connectivity index (χ0v) is 25.4. The molecule has 0 spiro atoms. The number of hydrogen-bond donors (Lipinski definition) is 2. The molecule has 0 bridgehead atoms. The van der Waals surface area contributed by atoms with E-state index in [9.17, 15) is 23.3 Å². The van der Waals surface area contributed by atoms with E-state index >= 15 is 0 Å². The monoisotopic (exact) mass is 654 g/mol. The maximum Gasteiger partial charge on any atom is 0.265 e. The number of benzene rings is 3. The highest BCUT2D eigenvalue weighted by Gasteiger charge is 2.37. The summed E-state index contributed by atoms with van der Waals surface area (Å²) in [7, 11) is -4.01. The Balaban J connectivity index is 1.35. The van der Waals surface area contributed by atoms with E-state index in [0.717, 1.165) is 42.4 Å². The van der Waals surface area contributed by atoms with Crippen molar-refractivity contribution in [3.8, 4) is 17.2 Å². The Kier molecular flexibility index (Phi) is 8.85. The fourth-order valence-electron chi connectivity index (χ4n) is 5.21. The molecule has 5 rings (SSSR count). The topological polar surface area (TPSA) is 129 Å². The largest absolute Gasteiger partial charge is 0.342 e. The van der Waals surface area contributed by atoms with Gasteiger partial charge in [-0.2, -0.15) is 5.26 Å². The third-order valence-electron chi connectivity index (χ3n) is 7.38. The molecule has 4 aromatic rings. The van der Waals surface area contributed by atoms with E-state index in [1.165, 1.54) is 18.2 Å². The van der Waals surface area contributed by atoms with Gasteiger partial charge in [-0.15, -0.1) is 0 Å². The number of halogens is 1. The Morgan fingerprint density at radius 2 is 1.58 bits per heavy atom. The molecular weight excluding hydrogens is 628 g/mol. The number of aromatic nitrogens is 1. The van der Waals surface area contributed by atoms with Crippen LogP contribution in [0.2, 0.25) is 0 Å². The van der Waals surface area contributed by atoms with Crippen LogP contribution in [0.3, 0.4) is 0 Å². The molecule has 2 N–H and O–H groups in total. The molecule has 216 valence electrons. The second kappa shape index (κ2) is 12.7. The zero-order chi connectivity index (χ0) is 30.5. The maximum absolute atomic E-state index is 13.3. The molecule has 43 heavy (non-hydrogen) atoms. The first-order valence-electron chi connectivity index (χ1n) is 13.6. The Hall–Kier alpha value is -4.59. The molecule has 1 fully saturated rings. The van der Waals surface area contributed by atoms with Crippen LogP contribution in [-0.2, 0) is 20.4 Å². The molecule has 1 saturated carbocycles. The second-order valence-electron chi connectivity index (χ2n) is 10.2. The van der Waals surface area contributed by atoms with E-state index < -0.39 is 27.4 Å². The van der Waals surface area contributed by atoms with Crippen molar-refractivity contribution in [1.82, 2.24) is 15.0 Å². The van der Waals surface area contributed by atoms with Gasteiger partial charge in [0, 0.05) is 5.56 Å². The Bertz CT molecular complexity index is 1840. The Labute approximate surface area is 258 Å².